The quantitative estimate of drug-likeness (QED) is 0.789. The summed E-state index contributed by atoms with van der Waals surface area (Å²) in [7, 11) is 0. The first-order chi connectivity index (χ1) is 7.13. The van der Waals surface area contributed by atoms with Crippen LogP contribution in [0.2, 0.25) is 0 Å². The first-order valence-corrected chi connectivity index (χ1v) is 5.15. The van der Waals surface area contributed by atoms with Crippen LogP contribution in [0.3, 0.4) is 0 Å². The molecule has 0 aromatic carbocycles. The first kappa shape index (κ1) is 11.5. The van der Waals surface area contributed by atoms with Crippen LogP contribution in [-0.4, -0.2) is 23.5 Å². The van der Waals surface area contributed by atoms with Crippen molar-refractivity contribution in [3.05, 3.63) is 23.9 Å². The summed E-state index contributed by atoms with van der Waals surface area (Å²) in [5.41, 5.74) is 0.447. The lowest BCUT2D eigenvalue weighted by molar-refractivity contribution is 0.0951. The normalized spacial score (nSPS) is 10.1. The molecule has 0 aliphatic rings. The number of nitrogens with one attached hydrogen (secondary N) is 2. The summed E-state index contributed by atoms with van der Waals surface area (Å²) < 4.78 is 0. The van der Waals surface area contributed by atoms with E-state index < -0.39 is 0 Å². The zero-order valence-electron chi connectivity index (χ0n) is 9.37. The molecule has 1 aromatic rings. The van der Waals surface area contributed by atoms with Gasteiger partial charge in [0, 0.05) is 12.6 Å². The molecule has 82 valence electrons. The molecule has 1 amide bonds. The molecule has 15 heavy (non-hydrogen) atoms. The van der Waals surface area contributed by atoms with Crippen LogP contribution in [0.4, 0.5) is 5.82 Å². The number of aromatic nitrogens is 1. The number of hydrogen-bond donors (Lipinski definition) is 2. The van der Waals surface area contributed by atoms with Gasteiger partial charge in [0.15, 0.2) is 0 Å². The molecule has 0 unspecified atom stereocenters. The molecule has 4 nitrogen and oxygen atoms in total. The standard InChI is InChI=1S/C11H17N3O/c1-4-12-11(15)9-6-5-7-10(14-9)13-8(2)3/h5-8H,4H2,1-3H3,(H,12,15)(H,13,14). The predicted molar refractivity (Wildman–Crippen MR) is 61.0 cm³/mol. The van der Waals surface area contributed by atoms with E-state index in [2.05, 4.69) is 15.6 Å². The van der Waals surface area contributed by atoms with Gasteiger partial charge in [-0.1, -0.05) is 6.07 Å². The smallest absolute Gasteiger partial charge is 0.269 e. The fourth-order valence-electron chi connectivity index (χ4n) is 1.19. The van der Waals surface area contributed by atoms with Crippen LogP contribution >= 0.6 is 0 Å². The highest BCUT2D eigenvalue weighted by Gasteiger charge is 2.06. The number of anilines is 1. The molecule has 0 saturated heterocycles. The number of nitrogens with zero attached hydrogens (tertiary/aromatic N) is 1. The van der Waals surface area contributed by atoms with E-state index >= 15 is 0 Å². The Kier molecular flexibility index (Phi) is 4.09. The van der Waals surface area contributed by atoms with Crippen LogP contribution in [0.1, 0.15) is 31.3 Å². The molecule has 0 atom stereocenters. The summed E-state index contributed by atoms with van der Waals surface area (Å²) in [5.74, 6) is 0.596. The molecule has 0 aliphatic heterocycles. The van der Waals surface area contributed by atoms with Gasteiger partial charge in [-0.3, -0.25) is 4.79 Å². The molecule has 0 spiro atoms. The number of carbonyl (C=O) groups is 1. The number of amides is 1. The van der Waals surface area contributed by atoms with Crippen molar-refractivity contribution in [1.82, 2.24) is 10.3 Å². The molecule has 0 saturated carbocycles. The zero-order chi connectivity index (χ0) is 11.3. The summed E-state index contributed by atoms with van der Waals surface area (Å²) >= 11 is 0. The Morgan fingerprint density at radius 2 is 2.20 bits per heavy atom. The van der Waals surface area contributed by atoms with E-state index in [1.54, 1.807) is 6.07 Å². The molecule has 0 aliphatic carbocycles. The van der Waals surface area contributed by atoms with Crippen LogP contribution in [0.5, 0.6) is 0 Å². The van der Waals surface area contributed by atoms with Gasteiger partial charge in [-0.05, 0) is 32.9 Å². The number of carbonyl (C=O) groups excluding carboxylic acids is 1. The summed E-state index contributed by atoms with van der Waals surface area (Å²) in [4.78, 5) is 15.7. The molecule has 2 N–H and O–H groups in total. The molecular formula is C11H17N3O. The summed E-state index contributed by atoms with van der Waals surface area (Å²) in [6.07, 6.45) is 0. The van der Waals surface area contributed by atoms with E-state index in [0.717, 1.165) is 5.82 Å². The third kappa shape index (κ3) is 3.58. The molecule has 1 heterocycles. The average molecular weight is 207 g/mol. The molecule has 0 bridgehead atoms. The highest BCUT2D eigenvalue weighted by molar-refractivity contribution is 5.92. The van der Waals surface area contributed by atoms with Crippen molar-refractivity contribution in [3.63, 3.8) is 0 Å². The Morgan fingerprint density at radius 1 is 1.47 bits per heavy atom. The number of hydrogen-bond acceptors (Lipinski definition) is 3. The van der Waals surface area contributed by atoms with Gasteiger partial charge in [-0.25, -0.2) is 4.98 Å². The lowest BCUT2D eigenvalue weighted by Crippen LogP contribution is -2.24. The van der Waals surface area contributed by atoms with E-state index in [1.165, 1.54) is 0 Å². The second-order valence-electron chi connectivity index (χ2n) is 3.57. The highest BCUT2D eigenvalue weighted by atomic mass is 16.1. The Bertz CT molecular complexity index is 336. The maximum Gasteiger partial charge on any atom is 0.269 e. The van der Waals surface area contributed by atoms with E-state index in [1.807, 2.05) is 32.9 Å². The van der Waals surface area contributed by atoms with Gasteiger partial charge < -0.3 is 10.6 Å². The second-order valence-corrected chi connectivity index (χ2v) is 3.57. The number of pyridine rings is 1. The highest BCUT2D eigenvalue weighted by Crippen LogP contribution is 2.06. The van der Waals surface area contributed by atoms with Gasteiger partial charge in [0.2, 0.25) is 0 Å². The maximum atomic E-state index is 11.5. The van der Waals surface area contributed by atoms with Crippen molar-refractivity contribution in [3.8, 4) is 0 Å². The molecule has 1 rings (SSSR count). The Morgan fingerprint density at radius 3 is 2.80 bits per heavy atom. The van der Waals surface area contributed by atoms with Crippen LogP contribution in [0.25, 0.3) is 0 Å². The van der Waals surface area contributed by atoms with Gasteiger partial charge in [0.1, 0.15) is 11.5 Å². The number of rotatable bonds is 4. The predicted octanol–water partition coefficient (Wildman–Crippen LogP) is 1.65. The molecule has 0 radical (unpaired) electrons. The fourth-order valence-corrected chi connectivity index (χ4v) is 1.19. The van der Waals surface area contributed by atoms with Gasteiger partial charge in [-0.2, -0.15) is 0 Å². The van der Waals surface area contributed by atoms with E-state index in [-0.39, 0.29) is 5.91 Å². The fraction of sp³-hybridized carbons (Fsp3) is 0.455. The van der Waals surface area contributed by atoms with Crippen molar-refractivity contribution in [2.24, 2.45) is 0 Å². The van der Waals surface area contributed by atoms with Crippen LogP contribution < -0.4 is 10.6 Å². The zero-order valence-corrected chi connectivity index (χ0v) is 9.37. The largest absolute Gasteiger partial charge is 0.368 e. The van der Waals surface area contributed by atoms with E-state index in [9.17, 15) is 4.79 Å². The monoisotopic (exact) mass is 207 g/mol. The SMILES string of the molecule is CCNC(=O)c1cccc(NC(C)C)n1. The van der Waals surface area contributed by atoms with E-state index in [4.69, 9.17) is 0 Å². The van der Waals surface area contributed by atoms with Crippen molar-refractivity contribution in [2.75, 3.05) is 11.9 Å². The average Bonchev–Trinajstić information content (AvgIpc) is 2.17. The third-order valence-corrected chi connectivity index (χ3v) is 1.76. The van der Waals surface area contributed by atoms with Gasteiger partial charge in [-0.15, -0.1) is 0 Å². The summed E-state index contributed by atoms with van der Waals surface area (Å²) in [6, 6.07) is 5.68. The van der Waals surface area contributed by atoms with Crippen LogP contribution in [0.15, 0.2) is 18.2 Å². The maximum absolute atomic E-state index is 11.5. The van der Waals surface area contributed by atoms with Crippen molar-refractivity contribution in [1.29, 1.82) is 0 Å². The summed E-state index contributed by atoms with van der Waals surface area (Å²) in [6.45, 7) is 6.55. The van der Waals surface area contributed by atoms with Crippen LogP contribution in [0, 0.1) is 0 Å². The lowest BCUT2D eigenvalue weighted by Gasteiger charge is -2.09. The minimum atomic E-state index is -0.134. The molecule has 1 aromatic heterocycles. The Hall–Kier alpha value is -1.58. The Balaban J connectivity index is 2.78. The van der Waals surface area contributed by atoms with Crippen LogP contribution in [-0.2, 0) is 0 Å². The molecule has 4 heteroatoms. The first-order valence-electron chi connectivity index (χ1n) is 5.15. The third-order valence-electron chi connectivity index (χ3n) is 1.76. The summed E-state index contributed by atoms with van der Waals surface area (Å²) in [5, 5.41) is 5.86. The Labute approximate surface area is 90.1 Å². The van der Waals surface area contributed by atoms with Gasteiger partial charge >= 0.3 is 0 Å². The lowest BCUT2D eigenvalue weighted by atomic mass is 10.3. The van der Waals surface area contributed by atoms with E-state index in [0.29, 0.717) is 18.3 Å². The second kappa shape index (κ2) is 5.34. The molecule has 0 fully saturated rings. The van der Waals surface area contributed by atoms with Gasteiger partial charge in [0.05, 0.1) is 0 Å². The molecular weight excluding hydrogens is 190 g/mol. The van der Waals surface area contributed by atoms with Crippen molar-refractivity contribution in [2.45, 2.75) is 26.8 Å². The topological polar surface area (TPSA) is 54.0 Å². The van der Waals surface area contributed by atoms with Crippen molar-refractivity contribution >= 4 is 11.7 Å². The minimum absolute atomic E-state index is 0.134. The minimum Gasteiger partial charge on any atom is -0.368 e. The van der Waals surface area contributed by atoms with Crippen molar-refractivity contribution < 1.29 is 4.79 Å². The van der Waals surface area contributed by atoms with Gasteiger partial charge in [0.25, 0.3) is 5.91 Å².